The molecule has 0 radical (unpaired) electrons. The van der Waals surface area contributed by atoms with Crippen molar-refractivity contribution < 1.29 is 4.79 Å². The topological polar surface area (TPSA) is 75.9 Å². The van der Waals surface area contributed by atoms with Gasteiger partial charge in [0.25, 0.3) is 5.91 Å². The Morgan fingerprint density at radius 1 is 1.36 bits per heavy atom. The monoisotopic (exact) mass is 318 g/mol. The largest absolute Gasteiger partial charge is 0.338 e. The summed E-state index contributed by atoms with van der Waals surface area (Å²) in [5.74, 6) is 0.719. The second kappa shape index (κ2) is 4.85. The number of likely N-dealkylation sites (tertiary alicyclic amines) is 1. The van der Waals surface area contributed by atoms with E-state index < -0.39 is 5.54 Å². The van der Waals surface area contributed by atoms with E-state index in [0.717, 1.165) is 37.4 Å². The average molecular weight is 318 g/mol. The molecule has 4 heterocycles. The van der Waals surface area contributed by atoms with Gasteiger partial charge in [-0.3, -0.25) is 4.79 Å². The standard InChI is InChI=1S/C14H18N6OS/c1-9(2)19-6-4-14(5-7-19)13-16-17-18-20(13)10-3-8-22-11(10)12(21)15-14/h3,8-9H,4-7H2,1-2H3,(H,15,21). The number of tetrazole rings is 1. The number of carbonyl (C=O) groups is 1. The smallest absolute Gasteiger partial charge is 0.264 e. The number of fused-ring (bicyclic) bond motifs is 4. The fourth-order valence-corrected chi connectivity index (χ4v) is 4.15. The highest BCUT2D eigenvalue weighted by Gasteiger charge is 2.45. The van der Waals surface area contributed by atoms with Gasteiger partial charge >= 0.3 is 0 Å². The molecule has 1 amide bonds. The highest BCUT2D eigenvalue weighted by molar-refractivity contribution is 7.12. The minimum Gasteiger partial charge on any atom is -0.338 e. The maximum Gasteiger partial charge on any atom is 0.264 e. The molecular weight excluding hydrogens is 300 g/mol. The Hall–Kier alpha value is -1.80. The molecule has 1 N–H and O–H groups in total. The third kappa shape index (κ3) is 1.90. The Bertz CT molecular complexity index is 712. The Kier molecular flexibility index (Phi) is 3.05. The van der Waals surface area contributed by atoms with Gasteiger partial charge in [-0.05, 0) is 48.6 Å². The molecule has 0 unspecified atom stereocenters. The van der Waals surface area contributed by atoms with E-state index in [4.69, 9.17) is 0 Å². The third-order valence-corrected chi connectivity index (χ3v) is 5.61. The Labute approximate surface area is 132 Å². The number of piperidine rings is 1. The van der Waals surface area contributed by atoms with Gasteiger partial charge in [-0.25, -0.2) is 0 Å². The quantitative estimate of drug-likeness (QED) is 0.854. The van der Waals surface area contributed by atoms with Crippen LogP contribution in [0.5, 0.6) is 0 Å². The number of hydrogen-bond donors (Lipinski definition) is 1. The lowest BCUT2D eigenvalue weighted by atomic mass is 9.86. The number of nitrogens with zero attached hydrogens (tertiary/aromatic N) is 5. The van der Waals surface area contributed by atoms with E-state index in [-0.39, 0.29) is 5.91 Å². The van der Waals surface area contributed by atoms with Crippen molar-refractivity contribution in [1.29, 1.82) is 0 Å². The maximum atomic E-state index is 12.6. The fraction of sp³-hybridized carbons (Fsp3) is 0.571. The van der Waals surface area contributed by atoms with Crippen molar-refractivity contribution in [2.75, 3.05) is 13.1 Å². The van der Waals surface area contributed by atoms with Gasteiger partial charge in [0.1, 0.15) is 10.4 Å². The highest BCUT2D eigenvalue weighted by atomic mass is 32.1. The molecule has 116 valence electrons. The molecule has 22 heavy (non-hydrogen) atoms. The highest BCUT2D eigenvalue weighted by Crippen LogP contribution is 2.37. The molecule has 0 aliphatic carbocycles. The van der Waals surface area contributed by atoms with E-state index in [2.05, 4.69) is 39.6 Å². The van der Waals surface area contributed by atoms with Crippen molar-refractivity contribution in [2.24, 2.45) is 0 Å². The summed E-state index contributed by atoms with van der Waals surface area (Å²) in [6, 6.07) is 2.42. The van der Waals surface area contributed by atoms with Crippen LogP contribution < -0.4 is 5.32 Å². The molecule has 2 aromatic heterocycles. The summed E-state index contributed by atoms with van der Waals surface area (Å²) < 4.78 is 1.73. The molecule has 8 heteroatoms. The van der Waals surface area contributed by atoms with Crippen molar-refractivity contribution in [3.8, 4) is 5.69 Å². The van der Waals surface area contributed by atoms with Crippen LogP contribution in [-0.4, -0.2) is 50.1 Å². The molecule has 0 bridgehead atoms. The van der Waals surface area contributed by atoms with E-state index >= 15 is 0 Å². The van der Waals surface area contributed by atoms with E-state index in [1.165, 1.54) is 11.3 Å². The Balaban J connectivity index is 1.77. The zero-order valence-corrected chi connectivity index (χ0v) is 13.4. The van der Waals surface area contributed by atoms with Crippen molar-refractivity contribution in [2.45, 2.75) is 38.3 Å². The number of rotatable bonds is 1. The maximum absolute atomic E-state index is 12.6. The summed E-state index contributed by atoms with van der Waals surface area (Å²) in [5, 5.41) is 17.3. The normalized spacial score (nSPS) is 20.6. The lowest BCUT2D eigenvalue weighted by molar-refractivity contribution is 0.0750. The summed E-state index contributed by atoms with van der Waals surface area (Å²) >= 11 is 1.43. The van der Waals surface area contributed by atoms with Gasteiger partial charge in [-0.2, -0.15) is 4.68 Å². The summed E-state index contributed by atoms with van der Waals surface area (Å²) in [5.41, 5.74) is 0.315. The van der Waals surface area contributed by atoms with Gasteiger partial charge in [0, 0.05) is 19.1 Å². The Morgan fingerprint density at radius 2 is 2.14 bits per heavy atom. The minimum atomic E-state index is -0.468. The van der Waals surface area contributed by atoms with Crippen LogP contribution in [0.15, 0.2) is 11.4 Å². The van der Waals surface area contributed by atoms with Gasteiger partial charge in [0.2, 0.25) is 0 Å². The van der Waals surface area contributed by atoms with E-state index in [1.54, 1.807) is 4.68 Å². The SMILES string of the molecule is CC(C)N1CCC2(CC1)NC(=O)c1sccc1-n1nnnc12. The van der Waals surface area contributed by atoms with Crippen LogP contribution >= 0.6 is 11.3 Å². The summed E-state index contributed by atoms with van der Waals surface area (Å²) in [6.45, 7) is 6.26. The first-order valence-corrected chi connectivity index (χ1v) is 8.42. The van der Waals surface area contributed by atoms with Gasteiger partial charge in [-0.1, -0.05) is 0 Å². The van der Waals surface area contributed by atoms with Crippen LogP contribution in [-0.2, 0) is 5.54 Å². The lowest BCUT2D eigenvalue weighted by Crippen LogP contribution is -2.54. The second-order valence-corrected chi connectivity index (χ2v) is 7.13. The number of aromatic nitrogens is 4. The van der Waals surface area contributed by atoms with Gasteiger partial charge in [0.15, 0.2) is 5.82 Å². The molecule has 1 saturated heterocycles. The number of hydrogen-bond acceptors (Lipinski definition) is 6. The predicted octanol–water partition coefficient (Wildman–Crippen LogP) is 1.17. The van der Waals surface area contributed by atoms with Gasteiger partial charge in [-0.15, -0.1) is 16.4 Å². The first-order valence-electron chi connectivity index (χ1n) is 7.54. The number of nitrogens with one attached hydrogen (secondary N) is 1. The van der Waals surface area contributed by atoms with Crippen LogP contribution in [0, 0.1) is 0 Å². The zero-order valence-electron chi connectivity index (χ0n) is 12.6. The molecule has 0 atom stereocenters. The second-order valence-electron chi connectivity index (χ2n) is 6.22. The van der Waals surface area contributed by atoms with Crippen LogP contribution in [0.25, 0.3) is 5.69 Å². The molecule has 1 spiro atoms. The number of thiophene rings is 1. The van der Waals surface area contributed by atoms with Crippen molar-refractivity contribution in [1.82, 2.24) is 30.4 Å². The van der Waals surface area contributed by atoms with E-state index in [1.807, 2.05) is 11.4 Å². The summed E-state index contributed by atoms with van der Waals surface area (Å²) in [7, 11) is 0. The molecule has 2 aliphatic rings. The summed E-state index contributed by atoms with van der Waals surface area (Å²) in [4.78, 5) is 15.7. The number of carbonyl (C=O) groups excluding carboxylic acids is 1. The van der Waals surface area contributed by atoms with Crippen LogP contribution in [0.4, 0.5) is 0 Å². The zero-order chi connectivity index (χ0) is 15.3. The third-order valence-electron chi connectivity index (χ3n) is 4.71. The first-order chi connectivity index (χ1) is 10.6. The summed E-state index contributed by atoms with van der Waals surface area (Å²) in [6.07, 6.45) is 1.65. The molecule has 0 saturated carbocycles. The fourth-order valence-electron chi connectivity index (χ4n) is 3.39. The number of amides is 1. The molecule has 2 aromatic rings. The predicted molar refractivity (Wildman–Crippen MR) is 82.1 cm³/mol. The van der Waals surface area contributed by atoms with E-state index in [0.29, 0.717) is 10.9 Å². The van der Waals surface area contributed by atoms with Crippen molar-refractivity contribution >= 4 is 17.2 Å². The molecular formula is C14H18N6OS. The van der Waals surface area contributed by atoms with Gasteiger partial charge < -0.3 is 10.2 Å². The molecule has 2 aliphatic heterocycles. The van der Waals surface area contributed by atoms with E-state index in [9.17, 15) is 4.79 Å². The average Bonchev–Trinajstić information content (AvgIpc) is 3.15. The van der Waals surface area contributed by atoms with Crippen LogP contribution in [0.2, 0.25) is 0 Å². The molecule has 4 rings (SSSR count). The minimum absolute atomic E-state index is 0.0321. The first kappa shape index (κ1) is 13.8. The molecule has 7 nitrogen and oxygen atoms in total. The van der Waals surface area contributed by atoms with Crippen LogP contribution in [0.1, 0.15) is 42.2 Å². The van der Waals surface area contributed by atoms with Gasteiger partial charge in [0.05, 0.1) is 5.69 Å². The molecule has 1 fully saturated rings. The molecule has 0 aromatic carbocycles. The lowest BCUT2D eigenvalue weighted by Gasteiger charge is -2.41. The van der Waals surface area contributed by atoms with Crippen molar-refractivity contribution in [3.63, 3.8) is 0 Å². The van der Waals surface area contributed by atoms with Crippen LogP contribution in [0.3, 0.4) is 0 Å². The van der Waals surface area contributed by atoms with Crippen molar-refractivity contribution in [3.05, 3.63) is 22.1 Å². The Morgan fingerprint density at radius 3 is 2.86 bits per heavy atom.